The molecule has 1 aliphatic rings. The van der Waals surface area contributed by atoms with Crippen molar-refractivity contribution in [3.63, 3.8) is 0 Å². The molecule has 4 nitrogen and oxygen atoms in total. The fourth-order valence-corrected chi connectivity index (χ4v) is 2.21. The highest BCUT2D eigenvalue weighted by Crippen LogP contribution is 2.38. The van der Waals surface area contributed by atoms with Crippen molar-refractivity contribution in [3.8, 4) is 6.07 Å². The third-order valence-electron chi connectivity index (χ3n) is 4.32. The van der Waals surface area contributed by atoms with Gasteiger partial charge in [0.15, 0.2) is 0 Å². The van der Waals surface area contributed by atoms with Crippen molar-refractivity contribution >= 4 is 13.2 Å². The number of hydrogen-bond donors (Lipinski definition) is 1. The molecule has 0 amide bonds. The van der Waals surface area contributed by atoms with Crippen molar-refractivity contribution in [2.24, 2.45) is 5.73 Å². The van der Waals surface area contributed by atoms with Crippen LogP contribution < -0.4 is 5.73 Å². The summed E-state index contributed by atoms with van der Waals surface area (Å²) < 4.78 is 39.2. The lowest BCUT2D eigenvalue weighted by Gasteiger charge is -2.32. The minimum absolute atomic E-state index is 0.111. The minimum Gasteiger partial charge on any atom is -0.400 e. The molecule has 23 heavy (non-hydrogen) atoms. The first-order chi connectivity index (χ1) is 10.6. The summed E-state index contributed by atoms with van der Waals surface area (Å²) >= 11 is 0. The molecule has 1 aromatic carbocycles. The van der Waals surface area contributed by atoms with Crippen LogP contribution in [0.3, 0.4) is 0 Å². The maximum absolute atomic E-state index is 13.7. The van der Waals surface area contributed by atoms with Crippen LogP contribution in [0.2, 0.25) is 0 Å². The SMILES string of the molecule is CC1(C)OB(C(=Cc2cc(F)c(C#N)c(F)c2)CN)OC1(C)C. The lowest BCUT2D eigenvalue weighted by molar-refractivity contribution is 0.00578. The van der Waals surface area contributed by atoms with Crippen molar-refractivity contribution in [2.45, 2.75) is 38.9 Å². The van der Waals surface area contributed by atoms with Gasteiger partial charge in [0.2, 0.25) is 0 Å². The molecule has 0 aromatic heterocycles. The highest BCUT2D eigenvalue weighted by Gasteiger charge is 2.52. The molecule has 7 heteroatoms. The summed E-state index contributed by atoms with van der Waals surface area (Å²) in [5.74, 6) is -1.83. The Labute approximate surface area is 135 Å². The number of benzene rings is 1. The second-order valence-electron chi connectivity index (χ2n) is 6.48. The lowest BCUT2D eigenvalue weighted by Crippen LogP contribution is -2.41. The Morgan fingerprint density at radius 1 is 1.22 bits per heavy atom. The Morgan fingerprint density at radius 3 is 2.09 bits per heavy atom. The molecular weight excluding hydrogens is 301 g/mol. The van der Waals surface area contributed by atoms with E-state index in [0.29, 0.717) is 5.47 Å². The number of nitriles is 1. The van der Waals surface area contributed by atoms with Crippen molar-refractivity contribution in [1.82, 2.24) is 0 Å². The summed E-state index contributed by atoms with van der Waals surface area (Å²) in [6.07, 6.45) is 1.52. The molecule has 0 atom stereocenters. The van der Waals surface area contributed by atoms with Gasteiger partial charge in [-0.2, -0.15) is 5.26 Å². The zero-order valence-corrected chi connectivity index (χ0v) is 13.6. The topological polar surface area (TPSA) is 68.3 Å². The second-order valence-corrected chi connectivity index (χ2v) is 6.48. The van der Waals surface area contributed by atoms with Crippen molar-refractivity contribution in [2.75, 3.05) is 6.54 Å². The van der Waals surface area contributed by atoms with E-state index in [9.17, 15) is 8.78 Å². The average molecular weight is 320 g/mol. The van der Waals surface area contributed by atoms with E-state index in [1.165, 1.54) is 12.1 Å². The van der Waals surface area contributed by atoms with Gasteiger partial charge in [-0.25, -0.2) is 8.78 Å². The third kappa shape index (κ3) is 3.30. The summed E-state index contributed by atoms with van der Waals surface area (Å²) in [6, 6.07) is 3.66. The summed E-state index contributed by atoms with van der Waals surface area (Å²) in [5.41, 5.74) is 4.89. The van der Waals surface area contributed by atoms with Gasteiger partial charge in [-0.15, -0.1) is 0 Å². The monoisotopic (exact) mass is 320 g/mol. The molecule has 0 unspecified atom stereocenters. The Kier molecular flexibility index (Phi) is 4.63. The van der Waals surface area contributed by atoms with Crippen LogP contribution in [-0.2, 0) is 9.31 Å². The summed E-state index contributed by atoms with van der Waals surface area (Å²) in [5, 5.41) is 8.70. The first kappa shape index (κ1) is 17.6. The van der Waals surface area contributed by atoms with Gasteiger partial charge in [0, 0.05) is 6.54 Å². The minimum atomic E-state index is -0.913. The van der Waals surface area contributed by atoms with Gasteiger partial charge in [-0.05, 0) is 50.9 Å². The van der Waals surface area contributed by atoms with Crippen LogP contribution in [0.5, 0.6) is 0 Å². The van der Waals surface area contributed by atoms with E-state index in [1.54, 1.807) is 0 Å². The quantitative estimate of drug-likeness (QED) is 0.870. The van der Waals surface area contributed by atoms with Crippen LogP contribution in [0, 0.1) is 23.0 Å². The van der Waals surface area contributed by atoms with Crippen LogP contribution in [-0.4, -0.2) is 24.9 Å². The van der Waals surface area contributed by atoms with Crippen LogP contribution >= 0.6 is 0 Å². The maximum atomic E-state index is 13.7. The molecule has 0 radical (unpaired) electrons. The van der Waals surface area contributed by atoms with Crippen molar-refractivity contribution in [3.05, 3.63) is 40.4 Å². The number of halogens is 2. The average Bonchev–Trinajstić information content (AvgIpc) is 2.64. The standard InChI is InChI=1S/C16H19BF2N2O2/c1-15(2)16(3,4)23-17(22-15)11(8-20)5-10-6-13(18)12(9-21)14(19)7-10/h5-7H,8,20H2,1-4H3. The van der Waals surface area contributed by atoms with E-state index in [1.807, 2.05) is 27.7 Å². The fraction of sp³-hybridized carbons (Fsp3) is 0.438. The molecule has 0 bridgehead atoms. The number of rotatable bonds is 3. The van der Waals surface area contributed by atoms with E-state index >= 15 is 0 Å². The van der Waals surface area contributed by atoms with Gasteiger partial charge in [0.1, 0.15) is 23.3 Å². The van der Waals surface area contributed by atoms with Gasteiger partial charge < -0.3 is 15.0 Å². The van der Waals surface area contributed by atoms with Crippen molar-refractivity contribution < 1.29 is 18.1 Å². The largest absolute Gasteiger partial charge is 0.491 e. The van der Waals surface area contributed by atoms with Gasteiger partial charge in [0.25, 0.3) is 0 Å². The third-order valence-corrected chi connectivity index (χ3v) is 4.32. The molecule has 0 aliphatic carbocycles. The van der Waals surface area contributed by atoms with Gasteiger partial charge in [0.05, 0.1) is 11.2 Å². The van der Waals surface area contributed by atoms with Gasteiger partial charge >= 0.3 is 7.12 Å². The molecule has 1 saturated heterocycles. The van der Waals surface area contributed by atoms with Gasteiger partial charge in [-0.3, -0.25) is 0 Å². The highest BCUT2D eigenvalue weighted by molar-refractivity contribution is 6.55. The van der Waals surface area contributed by atoms with E-state index in [0.717, 1.165) is 12.1 Å². The van der Waals surface area contributed by atoms with E-state index < -0.39 is 35.5 Å². The Balaban J connectivity index is 2.36. The van der Waals surface area contributed by atoms with Crippen LogP contribution in [0.1, 0.15) is 38.8 Å². The molecule has 2 rings (SSSR count). The van der Waals surface area contributed by atoms with E-state index in [2.05, 4.69) is 0 Å². The highest BCUT2D eigenvalue weighted by atomic mass is 19.1. The molecule has 0 saturated carbocycles. The molecule has 1 fully saturated rings. The van der Waals surface area contributed by atoms with E-state index in [4.69, 9.17) is 20.3 Å². The Bertz CT molecular complexity index is 657. The van der Waals surface area contributed by atoms with Crippen LogP contribution in [0.4, 0.5) is 8.78 Å². The fourth-order valence-electron chi connectivity index (χ4n) is 2.21. The first-order valence-electron chi connectivity index (χ1n) is 7.26. The zero-order valence-electron chi connectivity index (χ0n) is 13.6. The number of nitrogens with zero attached hydrogens (tertiary/aromatic N) is 1. The summed E-state index contributed by atoms with van der Waals surface area (Å²) in [6.45, 7) is 7.73. The lowest BCUT2D eigenvalue weighted by atomic mass is 9.77. The Morgan fingerprint density at radius 2 is 1.70 bits per heavy atom. The van der Waals surface area contributed by atoms with Gasteiger partial charge in [-0.1, -0.05) is 6.08 Å². The normalized spacial score (nSPS) is 19.7. The van der Waals surface area contributed by atoms with Crippen LogP contribution in [0.15, 0.2) is 17.6 Å². The predicted molar refractivity (Wildman–Crippen MR) is 84.2 cm³/mol. The molecule has 1 heterocycles. The molecule has 2 N–H and O–H groups in total. The molecule has 122 valence electrons. The smallest absolute Gasteiger partial charge is 0.400 e. The van der Waals surface area contributed by atoms with Crippen LogP contribution in [0.25, 0.3) is 6.08 Å². The summed E-state index contributed by atoms with van der Waals surface area (Å²) in [7, 11) is -0.688. The summed E-state index contributed by atoms with van der Waals surface area (Å²) in [4.78, 5) is 0. The maximum Gasteiger partial charge on any atom is 0.491 e. The van der Waals surface area contributed by atoms with Crippen molar-refractivity contribution in [1.29, 1.82) is 5.26 Å². The molecule has 1 aromatic rings. The molecule has 1 aliphatic heterocycles. The number of nitrogens with two attached hydrogens (primary N) is 1. The zero-order chi connectivity index (χ0) is 17.4. The van der Waals surface area contributed by atoms with E-state index in [-0.39, 0.29) is 12.1 Å². The molecule has 0 spiro atoms. The Hall–Kier alpha value is -1.75. The molecular formula is C16H19BF2N2O2. The predicted octanol–water partition coefficient (Wildman–Crippen LogP) is 2.81. The first-order valence-corrected chi connectivity index (χ1v) is 7.26. The second kappa shape index (κ2) is 6.04. The number of hydrogen-bond acceptors (Lipinski definition) is 4.